The molecule has 0 radical (unpaired) electrons. The number of benzene rings is 4. The molecule has 0 bridgehead atoms. The van der Waals surface area contributed by atoms with Crippen molar-refractivity contribution in [2.45, 2.75) is 0 Å². The van der Waals surface area contributed by atoms with E-state index in [-0.39, 0.29) is 0 Å². The minimum absolute atomic E-state index is 1.12. The summed E-state index contributed by atoms with van der Waals surface area (Å²) in [6, 6.07) is 42.2. The van der Waals surface area contributed by atoms with E-state index >= 15 is 0 Å². The zero-order valence-electron chi connectivity index (χ0n) is 14.3. The van der Waals surface area contributed by atoms with Crippen LogP contribution in [0.1, 0.15) is 0 Å². The van der Waals surface area contributed by atoms with Crippen molar-refractivity contribution in [3.05, 3.63) is 120 Å². The number of hydrogen-bond donors (Lipinski definition) is 0. The van der Waals surface area contributed by atoms with E-state index in [9.17, 15) is 0 Å². The fourth-order valence-electron chi connectivity index (χ4n) is 3.76. The van der Waals surface area contributed by atoms with E-state index in [4.69, 9.17) is 0 Å². The second-order valence-corrected chi connectivity index (χ2v) is 18.1. The van der Waals surface area contributed by atoms with E-state index < -0.39 is 18.4 Å². The Morgan fingerprint density at radius 1 is 0.385 bits per heavy atom. The SMILES string of the molecule is Brc1cc[c]([Sn]([c]2ccccc2)([c]2ccccc2)[c]2ccccc2)cc1. The molecule has 0 aliphatic heterocycles. The molecule has 0 amide bonds. The van der Waals surface area contributed by atoms with Gasteiger partial charge in [0.1, 0.15) is 0 Å². The van der Waals surface area contributed by atoms with Gasteiger partial charge >= 0.3 is 168 Å². The number of rotatable bonds is 4. The van der Waals surface area contributed by atoms with Crippen molar-refractivity contribution in [1.29, 1.82) is 0 Å². The van der Waals surface area contributed by atoms with E-state index in [2.05, 4.69) is 131 Å². The molecular weight excluding hydrogens is 487 g/mol. The van der Waals surface area contributed by atoms with Crippen LogP contribution >= 0.6 is 15.9 Å². The third-order valence-electron chi connectivity index (χ3n) is 4.90. The van der Waals surface area contributed by atoms with Crippen LogP contribution in [0.15, 0.2) is 120 Å². The summed E-state index contributed by atoms with van der Waals surface area (Å²) in [5.41, 5.74) is 0. The molecule has 0 nitrogen and oxygen atoms in total. The van der Waals surface area contributed by atoms with Crippen molar-refractivity contribution in [2.75, 3.05) is 0 Å². The summed E-state index contributed by atoms with van der Waals surface area (Å²) in [5, 5.41) is 0. The monoisotopic (exact) mass is 506 g/mol. The van der Waals surface area contributed by atoms with Gasteiger partial charge in [-0.2, -0.15) is 0 Å². The first-order valence-electron chi connectivity index (χ1n) is 8.74. The van der Waals surface area contributed by atoms with Gasteiger partial charge in [-0.05, 0) is 0 Å². The molecule has 0 saturated carbocycles. The molecule has 0 spiro atoms. The standard InChI is InChI=1S/C6H4Br.3C6H5.Sn/c7-6-4-2-1-3-5-6;3*1-2-4-6-5-3-1;/h2-5H;3*1-5H;. The predicted molar refractivity (Wildman–Crippen MR) is 118 cm³/mol. The third kappa shape index (κ3) is 3.15. The van der Waals surface area contributed by atoms with Gasteiger partial charge in [0, 0.05) is 0 Å². The van der Waals surface area contributed by atoms with Crippen molar-refractivity contribution in [2.24, 2.45) is 0 Å². The van der Waals surface area contributed by atoms with Gasteiger partial charge in [-0.25, -0.2) is 0 Å². The second kappa shape index (κ2) is 7.81. The van der Waals surface area contributed by atoms with Crippen LogP contribution in [0.3, 0.4) is 0 Å². The Kier molecular flexibility index (Phi) is 5.28. The Morgan fingerprint density at radius 3 is 1.04 bits per heavy atom. The molecule has 0 N–H and O–H groups in total. The Bertz CT molecular complexity index is 868. The molecule has 4 aromatic carbocycles. The van der Waals surface area contributed by atoms with E-state index in [1.165, 1.54) is 14.3 Å². The molecule has 126 valence electrons. The van der Waals surface area contributed by atoms with Crippen molar-refractivity contribution in [3.63, 3.8) is 0 Å². The maximum atomic E-state index is 3.60. The van der Waals surface area contributed by atoms with E-state index in [1.54, 1.807) is 0 Å². The quantitative estimate of drug-likeness (QED) is 0.370. The van der Waals surface area contributed by atoms with Crippen molar-refractivity contribution >= 4 is 48.6 Å². The van der Waals surface area contributed by atoms with Gasteiger partial charge in [-0.1, -0.05) is 0 Å². The van der Waals surface area contributed by atoms with Gasteiger partial charge in [0.05, 0.1) is 0 Å². The predicted octanol–water partition coefficient (Wildman–Crippen LogP) is 3.83. The molecule has 0 heterocycles. The normalized spacial score (nSPS) is 11.3. The Labute approximate surface area is 167 Å². The van der Waals surface area contributed by atoms with Crippen LogP contribution in [-0.4, -0.2) is 18.4 Å². The molecule has 0 aromatic heterocycles. The number of halogens is 1. The molecule has 4 aromatic rings. The van der Waals surface area contributed by atoms with Crippen LogP contribution in [0.5, 0.6) is 0 Å². The van der Waals surface area contributed by atoms with Gasteiger partial charge in [0.2, 0.25) is 0 Å². The van der Waals surface area contributed by atoms with Gasteiger partial charge in [-0.15, -0.1) is 0 Å². The van der Waals surface area contributed by atoms with E-state index in [0.717, 1.165) is 4.47 Å². The summed E-state index contributed by atoms with van der Waals surface area (Å²) in [4.78, 5) is 0. The summed E-state index contributed by atoms with van der Waals surface area (Å²) < 4.78 is 7.01. The topological polar surface area (TPSA) is 0 Å². The first-order chi connectivity index (χ1) is 12.8. The summed E-state index contributed by atoms with van der Waals surface area (Å²) in [5.74, 6) is 0. The van der Waals surface area contributed by atoms with Gasteiger partial charge in [-0.3, -0.25) is 0 Å². The molecule has 0 aliphatic rings. The van der Waals surface area contributed by atoms with E-state index in [1.807, 2.05) is 0 Å². The zero-order valence-corrected chi connectivity index (χ0v) is 18.8. The molecule has 0 fully saturated rings. The molecule has 0 unspecified atom stereocenters. The van der Waals surface area contributed by atoms with Gasteiger partial charge in [0.25, 0.3) is 0 Å². The van der Waals surface area contributed by atoms with Crippen LogP contribution in [0, 0.1) is 0 Å². The number of hydrogen-bond acceptors (Lipinski definition) is 0. The summed E-state index contributed by atoms with van der Waals surface area (Å²) in [7, 11) is 0. The molecule has 2 heteroatoms. The van der Waals surface area contributed by atoms with Crippen molar-refractivity contribution in [3.8, 4) is 0 Å². The van der Waals surface area contributed by atoms with Gasteiger partial charge < -0.3 is 0 Å². The third-order valence-corrected chi connectivity index (χ3v) is 19.1. The van der Waals surface area contributed by atoms with Crippen LogP contribution in [0.25, 0.3) is 0 Å². The minimum atomic E-state index is -3.36. The Morgan fingerprint density at radius 2 is 0.692 bits per heavy atom. The molecule has 0 atom stereocenters. The van der Waals surface area contributed by atoms with Crippen LogP contribution in [0.2, 0.25) is 0 Å². The van der Waals surface area contributed by atoms with Crippen molar-refractivity contribution in [1.82, 2.24) is 0 Å². The average molecular weight is 506 g/mol. The first-order valence-corrected chi connectivity index (χ1v) is 15.2. The molecule has 4 rings (SSSR count). The van der Waals surface area contributed by atoms with E-state index in [0.29, 0.717) is 0 Å². The fraction of sp³-hybridized carbons (Fsp3) is 0. The summed E-state index contributed by atoms with van der Waals surface area (Å²) in [6.45, 7) is 0. The van der Waals surface area contributed by atoms with Crippen LogP contribution in [0.4, 0.5) is 0 Å². The van der Waals surface area contributed by atoms with Gasteiger partial charge in [0.15, 0.2) is 0 Å². The molecule has 0 saturated heterocycles. The molecule has 0 aliphatic carbocycles. The molecular formula is C24H19BrSn. The summed E-state index contributed by atoms with van der Waals surface area (Å²) in [6.07, 6.45) is 0. The maximum absolute atomic E-state index is 3.60. The summed E-state index contributed by atoms with van der Waals surface area (Å²) >= 11 is 0.243. The zero-order chi connectivity index (χ0) is 17.8. The van der Waals surface area contributed by atoms with Crippen LogP contribution in [-0.2, 0) is 0 Å². The second-order valence-electron chi connectivity index (χ2n) is 6.35. The fourth-order valence-corrected chi connectivity index (χ4v) is 17.6. The van der Waals surface area contributed by atoms with Crippen LogP contribution < -0.4 is 14.3 Å². The van der Waals surface area contributed by atoms with Crippen molar-refractivity contribution < 1.29 is 0 Å². The Balaban J connectivity index is 2.12. The first kappa shape index (κ1) is 17.6. The average Bonchev–Trinajstić information content (AvgIpc) is 2.72. The molecule has 26 heavy (non-hydrogen) atoms. The Hall–Kier alpha value is -1.84.